The van der Waals surface area contributed by atoms with Crippen LogP contribution in [0.1, 0.15) is 22.5 Å². The van der Waals surface area contributed by atoms with Crippen molar-refractivity contribution in [1.82, 2.24) is 20.0 Å². The largest absolute Gasteiger partial charge is 0.438 e. The molecule has 2 aromatic heterocycles. The van der Waals surface area contributed by atoms with E-state index in [9.17, 15) is 28.6 Å². The maximum atomic E-state index is 12.8. The van der Waals surface area contributed by atoms with Crippen molar-refractivity contribution in [2.45, 2.75) is 32.6 Å². The lowest BCUT2D eigenvalue weighted by Gasteiger charge is -2.10. The zero-order valence-electron chi connectivity index (χ0n) is 20.6. The van der Waals surface area contributed by atoms with Gasteiger partial charge < -0.3 is 4.74 Å². The molecule has 2 heterocycles. The summed E-state index contributed by atoms with van der Waals surface area (Å²) in [6.07, 6.45) is 0. The third kappa shape index (κ3) is 5.12. The molecule has 0 saturated carbocycles. The third-order valence-electron chi connectivity index (χ3n) is 5.86. The Morgan fingerprint density at radius 2 is 1.47 bits per heavy atom. The van der Waals surface area contributed by atoms with E-state index in [4.69, 9.17) is 4.74 Å². The Balaban J connectivity index is 1.51. The van der Waals surface area contributed by atoms with Crippen molar-refractivity contribution >= 4 is 27.1 Å². The van der Waals surface area contributed by atoms with Gasteiger partial charge in [-0.15, -0.1) is 10.2 Å². The average molecular weight is 540 g/mol. The Labute approximate surface area is 216 Å². The number of nitrogens with one attached hydrogen (secondary N) is 1. The molecule has 196 valence electrons. The molecule has 0 atom stereocenters. The molecule has 0 spiro atoms. The summed E-state index contributed by atoms with van der Waals surface area (Å²) in [6.45, 7) is 6.98. The quantitative estimate of drug-likeness (QED) is 0.250. The van der Waals surface area contributed by atoms with Gasteiger partial charge >= 0.3 is 0 Å². The van der Waals surface area contributed by atoms with Crippen molar-refractivity contribution in [1.29, 1.82) is 0 Å². The van der Waals surface area contributed by atoms with Gasteiger partial charge in [-0.05, 0) is 63.6 Å². The standard InChI is InChI=1S/C23H21N7O7S/c1-13-15(3)26-28(16(13)4)22-9-10-23(25-24-22)37-18-7-5-17(6-8-18)27-38(35,36)19-11-20(29(31)32)14(2)21(12-19)30(33)34/h5-12,27H,1-4H3. The highest BCUT2D eigenvalue weighted by molar-refractivity contribution is 7.92. The van der Waals surface area contributed by atoms with Crippen LogP contribution in [0.15, 0.2) is 53.4 Å². The lowest BCUT2D eigenvalue weighted by Crippen LogP contribution is -2.14. The van der Waals surface area contributed by atoms with E-state index < -0.39 is 36.1 Å². The zero-order chi connectivity index (χ0) is 27.8. The van der Waals surface area contributed by atoms with Gasteiger partial charge in [0.2, 0.25) is 5.88 Å². The van der Waals surface area contributed by atoms with Gasteiger partial charge in [0, 0.05) is 29.6 Å². The van der Waals surface area contributed by atoms with Crippen LogP contribution in [0.25, 0.3) is 5.82 Å². The second-order valence-electron chi connectivity index (χ2n) is 8.27. The molecule has 0 aliphatic heterocycles. The SMILES string of the molecule is Cc1nn(-c2ccc(Oc3ccc(NS(=O)(=O)c4cc([N+](=O)[O-])c(C)c([N+](=O)[O-])c4)cc3)nn2)c(C)c1C. The molecule has 0 amide bonds. The minimum absolute atomic E-state index is 0.101. The maximum Gasteiger partial charge on any atom is 0.280 e. The summed E-state index contributed by atoms with van der Waals surface area (Å²) < 4.78 is 35.2. The number of aryl methyl sites for hydroxylation is 1. The minimum Gasteiger partial charge on any atom is -0.438 e. The monoisotopic (exact) mass is 539 g/mol. The van der Waals surface area contributed by atoms with Gasteiger partial charge in [-0.3, -0.25) is 25.0 Å². The van der Waals surface area contributed by atoms with E-state index in [1.807, 2.05) is 20.8 Å². The molecule has 14 nitrogen and oxygen atoms in total. The number of hydrogen-bond donors (Lipinski definition) is 1. The van der Waals surface area contributed by atoms with Crippen molar-refractivity contribution in [2.75, 3.05) is 4.72 Å². The molecule has 0 unspecified atom stereocenters. The van der Waals surface area contributed by atoms with Crippen LogP contribution in [0.5, 0.6) is 11.6 Å². The van der Waals surface area contributed by atoms with E-state index in [0.717, 1.165) is 29.1 Å². The molecule has 4 aromatic rings. The number of ether oxygens (including phenoxy) is 1. The van der Waals surface area contributed by atoms with Crippen LogP contribution >= 0.6 is 0 Å². The predicted octanol–water partition coefficient (Wildman–Crippen LogP) is 4.31. The third-order valence-corrected chi connectivity index (χ3v) is 7.22. The normalized spacial score (nSPS) is 11.3. The Bertz CT molecular complexity index is 1630. The highest BCUT2D eigenvalue weighted by Gasteiger charge is 2.28. The summed E-state index contributed by atoms with van der Waals surface area (Å²) in [6, 6.07) is 10.6. The van der Waals surface area contributed by atoms with Crippen LogP contribution < -0.4 is 9.46 Å². The molecule has 0 bridgehead atoms. The number of aromatic nitrogens is 4. The molecule has 0 fully saturated rings. The van der Waals surface area contributed by atoms with Crippen LogP contribution in [0.2, 0.25) is 0 Å². The van der Waals surface area contributed by atoms with Crippen LogP contribution in [0, 0.1) is 47.9 Å². The van der Waals surface area contributed by atoms with E-state index in [0.29, 0.717) is 11.6 Å². The summed E-state index contributed by atoms with van der Waals surface area (Å²) >= 11 is 0. The van der Waals surface area contributed by atoms with E-state index in [2.05, 4.69) is 20.0 Å². The second-order valence-corrected chi connectivity index (χ2v) is 9.95. The first-order chi connectivity index (χ1) is 17.9. The molecule has 38 heavy (non-hydrogen) atoms. The highest BCUT2D eigenvalue weighted by atomic mass is 32.2. The number of sulfonamides is 1. The summed E-state index contributed by atoms with van der Waals surface area (Å²) in [5.41, 5.74) is 1.39. The first-order valence-electron chi connectivity index (χ1n) is 11.0. The molecule has 2 aromatic carbocycles. The Morgan fingerprint density at radius 1 is 0.868 bits per heavy atom. The fourth-order valence-corrected chi connectivity index (χ4v) is 4.64. The van der Waals surface area contributed by atoms with Crippen molar-refractivity contribution in [3.63, 3.8) is 0 Å². The molecular formula is C23H21N7O7S. The van der Waals surface area contributed by atoms with Gasteiger partial charge in [0.1, 0.15) is 16.2 Å². The Morgan fingerprint density at radius 3 is 1.95 bits per heavy atom. The first-order valence-corrected chi connectivity index (χ1v) is 12.5. The fraction of sp³-hybridized carbons (Fsp3) is 0.174. The van der Waals surface area contributed by atoms with Crippen molar-refractivity contribution in [3.05, 3.63) is 91.3 Å². The van der Waals surface area contributed by atoms with E-state index >= 15 is 0 Å². The van der Waals surface area contributed by atoms with Gasteiger partial charge in [-0.2, -0.15) is 5.10 Å². The first kappa shape index (κ1) is 26.2. The lowest BCUT2D eigenvalue weighted by molar-refractivity contribution is -0.395. The van der Waals surface area contributed by atoms with E-state index in [1.54, 1.807) is 16.8 Å². The Hall–Kier alpha value is -4.92. The number of nitrogens with zero attached hydrogens (tertiary/aromatic N) is 6. The maximum absolute atomic E-state index is 12.8. The number of anilines is 1. The van der Waals surface area contributed by atoms with Crippen LogP contribution in [-0.2, 0) is 10.0 Å². The minimum atomic E-state index is -4.38. The van der Waals surface area contributed by atoms with E-state index in [1.165, 1.54) is 31.2 Å². The van der Waals surface area contributed by atoms with Crippen LogP contribution in [0.4, 0.5) is 17.1 Å². The van der Waals surface area contributed by atoms with Crippen molar-refractivity contribution in [3.8, 4) is 17.4 Å². The van der Waals surface area contributed by atoms with Crippen LogP contribution in [-0.4, -0.2) is 38.2 Å². The average Bonchev–Trinajstić information content (AvgIpc) is 3.12. The molecule has 0 aliphatic rings. The number of hydrogen-bond acceptors (Lipinski definition) is 10. The summed E-state index contributed by atoms with van der Waals surface area (Å²) in [5.74, 6) is 1.05. The smallest absolute Gasteiger partial charge is 0.280 e. The van der Waals surface area contributed by atoms with Crippen LogP contribution in [0.3, 0.4) is 0 Å². The second kappa shape index (κ2) is 9.85. The number of rotatable bonds is 8. The number of nitro benzene ring substituents is 2. The van der Waals surface area contributed by atoms with Crippen molar-refractivity contribution < 1.29 is 23.0 Å². The number of benzene rings is 2. The van der Waals surface area contributed by atoms with Gasteiger partial charge in [0.15, 0.2) is 5.82 Å². The van der Waals surface area contributed by atoms with E-state index in [-0.39, 0.29) is 17.1 Å². The summed E-state index contributed by atoms with van der Waals surface area (Å²) in [5, 5.41) is 35.2. The van der Waals surface area contributed by atoms with Gasteiger partial charge in [-0.25, -0.2) is 13.1 Å². The topological polar surface area (TPSA) is 185 Å². The van der Waals surface area contributed by atoms with Gasteiger partial charge in [0.05, 0.1) is 15.5 Å². The Kier molecular flexibility index (Phi) is 6.78. The molecule has 0 radical (unpaired) electrons. The zero-order valence-corrected chi connectivity index (χ0v) is 21.4. The molecular weight excluding hydrogens is 518 g/mol. The predicted molar refractivity (Wildman–Crippen MR) is 135 cm³/mol. The molecule has 15 heteroatoms. The fourth-order valence-electron chi connectivity index (χ4n) is 3.54. The van der Waals surface area contributed by atoms with Crippen molar-refractivity contribution in [2.24, 2.45) is 0 Å². The highest BCUT2D eigenvalue weighted by Crippen LogP contribution is 2.32. The van der Waals surface area contributed by atoms with Gasteiger partial charge in [-0.1, -0.05) is 0 Å². The molecule has 0 saturated heterocycles. The summed E-state index contributed by atoms with van der Waals surface area (Å²) in [4.78, 5) is 20.2. The van der Waals surface area contributed by atoms with Gasteiger partial charge in [0.25, 0.3) is 21.4 Å². The lowest BCUT2D eigenvalue weighted by atomic mass is 10.1. The molecule has 1 N–H and O–H groups in total. The molecule has 4 rings (SSSR count). The molecule has 0 aliphatic carbocycles. The number of nitro groups is 2. The summed E-state index contributed by atoms with van der Waals surface area (Å²) in [7, 11) is -4.38.